The average Bonchev–Trinajstić information content (AvgIpc) is 3.38. The first kappa shape index (κ1) is 19.7. The predicted octanol–water partition coefficient (Wildman–Crippen LogP) is 1.65. The maximum Gasteiger partial charge on any atom is 0.240 e. The molecule has 0 unspecified atom stereocenters. The summed E-state index contributed by atoms with van der Waals surface area (Å²) in [5.41, 5.74) is 0.909. The summed E-state index contributed by atoms with van der Waals surface area (Å²) in [6.45, 7) is 2.95. The van der Waals surface area contributed by atoms with Crippen LogP contribution in [0, 0.1) is 4.77 Å². The summed E-state index contributed by atoms with van der Waals surface area (Å²) in [4.78, 5) is 12.3. The summed E-state index contributed by atoms with van der Waals surface area (Å²) in [6.07, 6.45) is 2.64. The zero-order valence-electron chi connectivity index (χ0n) is 15.1. The fraction of sp³-hybridized carbons (Fsp3) is 0.471. The third kappa shape index (κ3) is 5.24. The number of carbonyl (C=O) groups excluding carboxylic acids is 1. The summed E-state index contributed by atoms with van der Waals surface area (Å²) in [5.74, 6) is 0.590. The molecule has 0 bridgehead atoms. The Kier molecular flexibility index (Phi) is 6.08. The van der Waals surface area contributed by atoms with Crippen molar-refractivity contribution >= 4 is 28.1 Å². The zero-order valence-corrected chi connectivity index (χ0v) is 16.7. The Morgan fingerprint density at radius 2 is 2.04 bits per heavy atom. The van der Waals surface area contributed by atoms with E-state index in [1.54, 1.807) is 24.3 Å². The minimum Gasteiger partial charge on any atom is -0.349 e. The Morgan fingerprint density at radius 3 is 2.67 bits per heavy atom. The molecule has 0 saturated heterocycles. The van der Waals surface area contributed by atoms with Crippen molar-refractivity contribution in [3.05, 3.63) is 40.4 Å². The van der Waals surface area contributed by atoms with Crippen LogP contribution < -0.4 is 10.0 Å². The van der Waals surface area contributed by atoms with Gasteiger partial charge in [-0.3, -0.25) is 9.89 Å². The molecule has 3 N–H and O–H groups in total. The van der Waals surface area contributed by atoms with Gasteiger partial charge in [-0.15, -0.1) is 0 Å². The fourth-order valence-electron chi connectivity index (χ4n) is 2.66. The molecule has 2 aromatic rings. The standard InChI is InChI=1S/C17H23N5O3S2/c1-2-22-15(19-20-17(22)26)11-18-16(23)10-5-12-3-8-14(9-4-12)27(24,25)21-13-6-7-13/h3-4,8-9,13,21H,2,5-7,10-11H2,1H3,(H,18,23)(H,20,26). The monoisotopic (exact) mass is 409 g/mol. The molecule has 1 fully saturated rings. The Balaban J connectivity index is 1.49. The topological polar surface area (TPSA) is 109 Å². The van der Waals surface area contributed by atoms with Gasteiger partial charge in [-0.1, -0.05) is 12.1 Å². The van der Waals surface area contributed by atoms with E-state index in [9.17, 15) is 13.2 Å². The number of benzene rings is 1. The molecule has 0 spiro atoms. The Hall–Kier alpha value is -2.04. The molecule has 146 valence electrons. The number of hydrogen-bond acceptors (Lipinski definition) is 5. The number of nitrogens with zero attached hydrogens (tertiary/aromatic N) is 2. The number of H-pyrrole nitrogens is 1. The van der Waals surface area contributed by atoms with Gasteiger partial charge in [0.05, 0.1) is 11.4 Å². The van der Waals surface area contributed by atoms with E-state index < -0.39 is 10.0 Å². The lowest BCUT2D eigenvalue weighted by atomic mass is 10.1. The van der Waals surface area contributed by atoms with Crippen LogP contribution in [0.5, 0.6) is 0 Å². The Labute approximate surface area is 163 Å². The second-order valence-corrected chi connectivity index (χ2v) is 8.61. The molecule has 1 heterocycles. The third-order valence-electron chi connectivity index (χ3n) is 4.37. The molecule has 3 rings (SSSR count). The van der Waals surface area contributed by atoms with Crippen molar-refractivity contribution in [2.24, 2.45) is 0 Å². The van der Waals surface area contributed by atoms with Gasteiger partial charge in [-0.25, -0.2) is 13.1 Å². The first-order valence-corrected chi connectivity index (χ1v) is 10.8. The highest BCUT2D eigenvalue weighted by Crippen LogP contribution is 2.22. The largest absolute Gasteiger partial charge is 0.349 e. The van der Waals surface area contributed by atoms with Crippen molar-refractivity contribution in [1.82, 2.24) is 24.8 Å². The molecule has 1 aromatic heterocycles. The van der Waals surface area contributed by atoms with E-state index in [1.165, 1.54) is 0 Å². The number of nitrogens with one attached hydrogen (secondary N) is 3. The molecular weight excluding hydrogens is 386 g/mol. The summed E-state index contributed by atoms with van der Waals surface area (Å²) >= 11 is 5.11. The van der Waals surface area contributed by atoms with Crippen molar-refractivity contribution < 1.29 is 13.2 Å². The van der Waals surface area contributed by atoms with E-state index >= 15 is 0 Å². The number of aryl methyl sites for hydroxylation is 1. The van der Waals surface area contributed by atoms with Gasteiger partial charge >= 0.3 is 0 Å². The van der Waals surface area contributed by atoms with Crippen LogP contribution in [0.1, 0.15) is 37.6 Å². The maximum absolute atomic E-state index is 12.1. The average molecular weight is 410 g/mol. The molecule has 1 aliphatic carbocycles. The van der Waals surface area contributed by atoms with Gasteiger partial charge in [-0.05, 0) is 56.1 Å². The quantitative estimate of drug-likeness (QED) is 0.546. The van der Waals surface area contributed by atoms with Crippen molar-refractivity contribution in [1.29, 1.82) is 0 Å². The van der Waals surface area contributed by atoms with Crippen LogP contribution in [0.3, 0.4) is 0 Å². The highest BCUT2D eigenvalue weighted by molar-refractivity contribution is 7.89. The normalized spacial score (nSPS) is 14.3. The lowest BCUT2D eigenvalue weighted by Crippen LogP contribution is -2.25. The summed E-state index contributed by atoms with van der Waals surface area (Å²) < 4.78 is 29.3. The van der Waals surface area contributed by atoms with Crippen molar-refractivity contribution in [2.45, 2.75) is 56.6 Å². The van der Waals surface area contributed by atoms with E-state index in [0.29, 0.717) is 36.5 Å². The minimum atomic E-state index is -3.44. The van der Waals surface area contributed by atoms with Crippen LogP contribution >= 0.6 is 12.2 Å². The molecule has 0 aliphatic heterocycles. The van der Waals surface area contributed by atoms with Gasteiger partial charge in [0.15, 0.2) is 10.6 Å². The number of hydrogen-bond donors (Lipinski definition) is 3. The molecule has 0 atom stereocenters. The van der Waals surface area contributed by atoms with Crippen LogP contribution in [0.2, 0.25) is 0 Å². The molecule has 1 aliphatic rings. The van der Waals surface area contributed by atoms with Crippen LogP contribution in [0.15, 0.2) is 29.2 Å². The second-order valence-electron chi connectivity index (χ2n) is 6.51. The molecule has 1 amide bonds. The molecule has 10 heteroatoms. The van der Waals surface area contributed by atoms with Gasteiger partial charge in [-0.2, -0.15) is 5.10 Å². The predicted molar refractivity (Wildman–Crippen MR) is 103 cm³/mol. The molecule has 0 radical (unpaired) electrons. The molecule has 27 heavy (non-hydrogen) atoms. The smallest absolute Gasteiger partial charge is 0.240 e. The van der Waals surface area contributed by atoms with Gasteiger partial charge in [0.1, 0.15) is 0 Å². The third-order valence-corrected chi connectivity index (χ3v) is 6.22. The summed E-state index contributed by atoms with van der Waals surface area (Å²) in [5, 5.41) is 9.64. The number of aromatic amines is 1. The molecule has 1 aromatic carbocycles. The summed E-state index contributed by atoms with van der Waals surface area (Å²) in [6, 6.07) is 6.73. The highest BCUT2D eigenvalue weighted by atomic mass is 32.2. The number of sulfonamides is 1. The SMILES string of the molecule is CCn1c(CNC(=O)CCc2ccc(S(=O)(=O)NC3CC3)cc2)n[nH]c1=S. The second kappa shape index (κ2) is 8.32. The van der Waals surface area contributed by atoms with Crippen molar-refractivity contribution in [3.8, 4) is 0 Å². The van der Waals surface area contributed by atoms with Gasteiger partial charge in [0, 0.05) is 19.0 Å². The zero-order chi connectivity index (χ0) is 19.4. The van der Waals surface area contributed by atoms with Crippen molar-refractivity contribution in [2.75, 3.05) is 0 Å². The molecular formula is C17H23N5O3S2. The lowest BCUT2D eigenvalue weighted by Gasteiger charge is -2.08. The number of amides is 1. The molecule has 8 nitrogen and oxygen atoms in total. The van der Waals surface area contributed by atoms with E-state index in [-0.39, 0.29) is 16.8 Å². The Morgan fingerprint density at radius 1 is 1.33 bits per heavy atom. The van der Waals surface area contributed by atoms with Crippen LogP contribution in [-0.2, 0) is 34.3 Å². The van der Waals surface area contributed by atoms with Crippen LogP contribution in [0.4, 0.5) is 0 Å². The summed E-state index contributed by atoms with van der Waals surface area (Å²) in [7, 11) is -3.44. The number of rotatable bonds is 9. The fourth-order valence-corrected chi connectivity index (χ4v) is 4.24. The van der Waals surface area contributed by atoms with Crippen LogP contribution in [-0.4, -0.2) is 35.1 Å². The van der Waals surface area contributed by atoms with E-state index in [0.717, 1.165) is 18.4 Å². The van der Waals surface area contributed by atoms with E-state index in [2.05, 4.69) is 20.2 Å². The van der Waals surface area contributed by atoms with Crippen molar-refractivity contribution in [3.63, 3.8) is 0 Å². The van der Waals surface area contributed by atoms with Gasteiger partial charge < -0.3 is 9.88 Å². The highest BCUT2D eigenvalue weighted by Gasteiger charge is 2.27. The lowest BCUT2D eigenvalue weighted by molar-refractivity contribution is -0.121. The first-order valence-electron chi connectivity index (χ1n) is 8.91. The minimum absolute atomic E-state index is 0.0797. The van der Waals surface area contributed by atoms with E-state index in [1.807, 2.05) is 11.5 Å². The van der Waals surface area contributed by atoms with E-state index in [4.69, 9.17) is 12.2 Å². The Bertz CT molecular complexity index is 959. The first-order chi connectivity index (χ1) is 12.9. The van der Waals surface area contributed by atoms with Crippen LogP contribution in [0.25, 0.3) is 0 Å². The van der Waals surface area contributed by atoms with Gasteiger partial charge in [0.2, 0.25) is 15.9 Å². The number of carbonyl (C=O) groups is 1. The number of aromatic nitrogens is 3. The molecule has 1 saturated carbocycles. The maximum atomic E-state index is 12.1. The van der Waals surface area contributed by atoms with Gasteiger partial charge in [0.25, 0.3) is 0 Å².